The average Bonchev–Trinajstić information content (AvgIpc) is 2.90. The second-order valence-corrected chi connectivity index (χ2v) is 5.30. The van der Waals surface area contributed by atoms with E-state index in [1.165, 1.54) is 35.6 Å². The number of nitrogens with zero attached hydrogens (tertiary/aromatic N) is 1. The molecular formula is C14H17FN4OS. The summed E-state index contributed by atoms with van der Waals surface area (Å²) in [5, 5.41) is 11.0. The molecule has 1 atom stereocenters. The van der Waals surface area contributed by atoms with Gasteiger partial charge in [0.15, 0.2) is 5.13 Å². The fraction of sp³-hybridized carbons (Fsp3) is 0.286. The Hall–Kier alpha value is -1.99. The smallest absolute Gasteiger partial charge is 0.309 e. The molecule has 0 aliphatic heterocycles. The molecule has 0 spiro atoms. The van der Waals surface area contributed by atoms with Crippen LogP contribution in [-0.4, -0.2) is 17.6 Å². The van der Waals surface area contributed by atoms with Gasteiger partial charge in [-0.2, -0.15) is 0 Å². The quantitative estimate of drug-likeness (QED) is 0.790. The lowest BCUT2D eigenvalue weighted by atomic mass is 10.3. The van der Waals surface area contributed by atoms with Gasteiger partial charge in [-0.05, 0) is 37.7 Å². The van der Waals surface area contributed by atoms with Crippen molar-refractivity contribution in [2.24, 2.45) is 0 Å². The number of hydrogen-bond acceptors (Lipinski definition) is 4. The third-order valence-corrected chi connectivity index (χ3v) is 3.57. The molecule has 3 N–H and O–H groups in total. The predicted molar refractivity (Wildman–Crippen MR) is 83.2 cm³/mol. The normalized spacial score (nSPS) is 12.0. The monoisotopic (exact) mass is 308 g/mol. The first-order valence-corrected chi connectivity index (χ1v) is 7.49. The van der Waals surface area contributed by atoms with Gasteiger partial charge in [0.05, 0.1) is 5.69 Å². The van der Waals surface area contributed by atoms with Gasteiger partial charge in [0, 0.05) is 17.1 Å². The van der Waals surface area contributed by atoms with E-state index in [4.69, 9.17) is 0 Å². The molecule has 2 aromatic rings. The number of amides is 2. The van der Waals surface area contributed by atoms with Crippen LogP contribution in [-0.2, 0) is 0 Å². The van der Waals surface area contributed by atoms with Gasteiger partial charge in [-0.15, -0.1) is 11.3 Å². The number of hydrogen-bond donors (Lipinski definition) is 3. The zero-order valence-corrected chi connectivity index (χ0v) is 12.6. The van der Waals surface area contributed by atoms with E-state index in [9.17, 15) is 9.18 Å². The zero-order valence-electron chi connectivity index (χ0n) is 11.8. The summed E-state index contributed by atoms with van der Waals surface area (Å²) in [6.07, 6.45) is 0. The van der Waals surface area contributed by atoms with E-state index in [0.29, 0.717) is 10.8 Å². The Kier molecular flexibility index (Phi) is 5.24. The Balaban J connectivity index is 1.92. The minimum Gasteiger partial charge on any atom is -0.309 e. The maximum absolute atomic E-state index is 12.8. The van der Waals surface area contributed by atoms with E-state index < -0.39 is 6.03 Å². The molecule has 0 aliphatic rings. The number of benzene rings is 1. The van der Waals surface area contributed by atoms with Crippen LogP contribution in [0.4, 0.5) is 20.0 Å². The lowest BCUT2D eigenvalue weighted by Crippen LogP contribution is -2.20. The zero-order chi connectivity index (χ0) is 15.2. The van der Waals surface area contributed by atoms with Crippen LogP contribution in [0, 0.1) is 5.82 Å². The van der Waals surface area contributed by atoms with E-state index in [0.717, 1.165) is 12.2 Å². The number of carbonyl (C=O) groups is 1. The van der Waals surface area contributed by atoms with Crippen LogP contribution in [0.15, 0.2) is 29.6 Å². The molecule has 0 radical (unpaired) electrons. The van der Waals surface area contributed by atoms with Crippen molar-refractivity contribution in [1.29, 1.82) is 0 Å². The van der Waals surface area contributed by atoms with Crippen molar-refractivity contribution in [3.63, 3.8) is 0 Å². The fourth-order valence-corrected chi connectivity index (χ4v) is 2.54. The topological polar surface area (TPSA) is 66.0 Å². The molecular weight excluding hydrogens is 291 g/mol. The van der Waals surface area contributed by atoms with Gasteiger partial charge in [-0.25, -0.2) is 14.2 Å². The minimum atomic E-state index is -0.404. The molecule has 0 saturated heterocycles. The van der Waals surface area contributed by atoms with Crippen molar-refractivity contribution in [1.82, 2.24) is 10.3 Å². The third kappa shape index (κ3) is 4.51. The van der Waals surface area contributed by atoms with E-state index >= 15 is 0 Å². The Morgan fingerprint density at radius 1 is 1.33 bits per heavy atom. The number of rotatable bonds is 5. The maximum Gasteiger partial charge on any atom is 0.325 e. The number of aromatic nitrogens is 1. The van der Waals surface area contributed by atoms with Crippen LogP contribution in [0.2, 0.25) is 0 Å². The minimum absolute atomic E-state index is 0.141. The molecule has 7 heteroatoms. The van der Waals surface area contributed by atoms with Crippen LogP contribution in [0.5, 0.6) is 0 Å². The molecule has 1 heterocycles. The molecule has 0 aliphatic carbocycles. The fourth-order valence-electron chi connectivity index (χ4n) is 1.75. The molecule has 0 fully saturated rings. The van der Waals surface area contributed by atoms with E-state index in [2.05, 4.69) is 20.9 Å². The molecule has 1 unspecified atom stereocenters. The molecule has 1 aromatic carbocycles. The number of urea groups is 1. The largest absolute Gasteiger partial charge is 0.325 e. The summed E-state index contributed by atoms with van der Waals surface area (Å²) in [6.45, 7) is 4.89. The average molecular weight is 308 g/mol. The van der Waals surface area contributed by atoms with Gasteiger partial charge in [-0.3, -0.25) is 5.32 Å². The van der Waals surface area contributed by atoms with Crippen LogP contribution in [0.1, 0.15) is 25.6 Å². The molecule has 0 bridgehead atoms. The number of nitrogens with one attached hydrogen (secondary N) is 3. The van der Waals surface area contributed by atoms with E-state index in [1.807, 2.05) is 19.2 Å². The van der Waals surface area contributed by atoms with Gasteiger partial charge in [0.2, 0.25) is 0 Å². The highest BCUT2D eigenvalue weighted by atomic mass is 32.1. The summed E-state index contributed by atoms with van der Waals surface area (Å²) in [5.74, 6) is -0.345. The second-order valence-electron chi connectivity index (χ2n) is 4.44. The summed E-state index contributed by atoms with van der Waals surface area (Å²) in [7, 11) is 0. The highest BCUT2D eigenvalue weighted by Crippen LogP contribution is 2.20. The molecule has 0 saturated carbocycles. The Morgan fingerprint density at radius 3 is 2.71 bits per heavy atom. The molecule has 2 amide bonds. The molecule has 5 nitrogen and oxygen atoms in total. The van der Waals surface area contributed by atoms with Crippen molar-refractivity contribution in [3.05, 3.63) is 41.2 Å². The highest BCUT2D eigenvalue weighted by molar-refractivity contribution is 7.13. The highest BCUT2D eigenvalue weighted by Gasteiger charge is 2.11. The number of halogens is 1. The van der Waals surface area contributed by atoms with Crippen molar-refractivity contribution >= 4 is 28.2 Å². The first-order chi connectivity index (χ1) is 10.1. The second kappa shape index (κ2) is 7.14. The van der Waals surface area contributed by atoms with Gasteiger partial charge in [-0.1, -0.05) is 6.92 Å². The third-order valence-electron chi connectivity index (χ3n) is 2.80. The van der Waals surface area contributed by atoms with Crippen molar-refractivity contribution in [2.45, 2.75) is 19.9 Å². The van der Waals surface area contributed by atoms with Crippen LogP contribution >= 0.6 is 11.3 Å². The Labute approximate surface area is 126 Å². The van der Waals surface area contributed by atoms with Crippen LogP contribution in [0.3, 0.4) is 0 Å². The summed E-state index contributed by atoms with van der Waals surface area (Å²) in [4.78, 5) is 16.2. The lowest BCUT2D eigenvalue weighted by Gasteiger charge is -2.08. The van der Waals surface area contributed by atoms with Crippen LogP contribution < -0.4 is 16.0 Å². The summed E-state index contributed by atoms with van der Waals surface area (Å²) in [5.41, 5.74) is 1.41. The van der Waals surface area contributed by atoms with Crippen molar-refractivity contribution in [3.8, 4) is 0 Å². The SMILES string of the molecule is CCNC(C)c1csc(NC(=O)Nc2ccc(F)cc2)n1. The molecule has 112 valence electrons. The first-order valence-electron chi connectivity index (χ1n) is 6.61. The lowest BCUT2D eigenvalue weighted by molar-refractivity contribution is 0.262. The predicted octanol–water partition coefficient (Wildman–Crippen LogP) is 3.60. The number of anilines is 2. The molecule has 2 rings (SSSR count). The summed E-state index contributed by atoms with van der Waals surface area (Å²) in [6, 6.07) is 5.30. The number of carbonyl (C=O) groups excluding carboxylic acids is 1. The standard InChI is InChI=1S/C14H17FN4OS/c1-3-16-9(2)12-8-21-14(18-12)19-13(20)17-11-6-4-10(15)5-7-11/h4-9,16H,3H2,1-2H3,(H2,17,18,19,20). The summed E-state index contributed by atoms with van der Waals surface area (Å²) < 4.78 is 12.8. The van der Waals surface area contributed by atoms with E-state index in [1.54, 1.807) is 0 Å². The maximum atomic E-state index is 12.8. The van der Waals surface area contributed by atoms with Crippen molar-refractivity contribution in [2.75, 3.05) is 17.2 Å². The number of thiazole rings is 1. The Morgan fingerprint density at radius 2 is 2.05 bits per heavy atom. The van der Waals surface area contributed by atoms with Crippen LogP contribution in [0.25, 0.3) is 0 Å². The summed E-state index contributed by atoms with van der Waals surface area (Å²) >= 11 is 1.36. The van der Waals surface area contributed by atoms with E-state index in [-0.39, 0.29) is 11.9 Å². The van der Waals surface area contributed by atoms with Gasteiger partial charge >= 0.3 is 6.03 Å². The van der Waals surface area contributed by atoms with Gasteiger partial charge in [0.1, 0.15) is 5.82 Å². The Bertz CT molecular complexity index is 599. The van der Waals surface area contributed by atoms with Gasteiger partial charge < -0.3 is 10.6 Å². The molecule has 1 aromatic heterocycles. The molecule has 21 heavy (non-hydrogen) atoms. The first kappa shape index (κ1) is 15.4. The van der Waals surface area contributed by atoms with Gasteiger partial charge in [0.25, 0.3) is 0 Å². The van der Waals surface area contributed by atoms with Crippen molar-refractivity contribution < 1.29 is 9.18 Å².